The van der Waals surface area contributed by atoms with Crippen molar-refractivity contribution in [3.63, 3.8) is 0 Å². The predicted octanol–water partition coefficient (Wildman–Crippen LogP) is 2.65. The molecule has 0 spiro atoms. The fourth-order valence-corrected chi connectivity index (χ4v) is 2.40. The first kappa shape index (κ1) is 18.4. The SMILES string of the molecule is O=C(O)c1cc(C(=O)O)c(C(=O)O)c(C(=O)O)c1/C=C/c1ccccc1. The maximum atomic E-state index is 11.6. The monoisotopic (exact) mass is 356 g/mol. The maximum absolute atomic E-state index is 11.6. The highest BCUT2D eigenvalue weighted by Gasteiger charge is 2.30. The van der Waals surface area contributed by atoms with Crippen LogP contribution in [-0.2, 0) is 0 Å². The van der Waals surface area contributed by atoms with Crippen molar-refractivity contribution in [1.82, 2.24) is 0 Å². The number of aromatic carboxylic acids is 4. The first-order valence-electron chi connectivity index (χ1n) is 7.11. The lowest BCUT2D eigenvalue weighted by atomic mass is 9.90. The molecule has 0 atom stereocenters. The van der Waals surface area contributed by atoms with Crippen molar-refractivity contribution in [1.29, 1.82) is 0 Å². The van der Waals surface area contributed by atoms with E-state index in [2.05, 4.69) is 0 Å². The lowest BCUT2D eigenvalue weighted by Gasteiger charge is -2.12. The van der Waals surface area contributed by atoms with E-state index in [4.69, 9.17) is 5.11 Å². The Hall–Kier alpha value is -3.94. The van der Waals surface area contributed by atoms with Crippen LogP contribution in [0.5, 0.6) is 0 Å². The van der Waals surface area contributed by atoms with Gasteiger partial charge in [0.1, 0.15) is 0 Å². The minimum atomic E-state index is -1.79. The predicted molar refractivity (Wildman–Crippen MR) is 89.6 cm³/mol. The Morgan fingerprint density at radius 3 is 1.65 bits per heavy atom. The molecule has 2 rings (SSSR count). The molecule has 132 valence electrons. The van der Waals surface area contributed by atoms with E-state index in [-0.39, 0.29) is 0 Å². The van der Waals surface area contributed by atoms with Gasteiger partial charge in [-0.25, -0.2) is 19.2 Å². The third-order valence-electron chi connectivity index (χ3n) is 3.50. The van der Waals surface area contributed by atoms with Gasteiger partial charge in [-0.15, -0.1) is 0 Å². The third kappa shape index (κ3) is 3.59. The topological polar surface area (TPSA) is 149 Å². The van der Waals surface area contributed by atoms with Gasteiger partial charge in [0.25, 0.3) is 0 Å². The molecule has 0 heterocycles. The Balaban J connectivity index is 2.87. The summed E-state index contributed by atoms with van der Waals surface area (Å²) in [4.78, 5) is 45.9. The molecule has 0 bridgehead atoms. The zero-order chi connectivity index (χ0) is 19.4. The van der Waals surface area contributed by atoms with Gasteiger partial charge in [0.2, 0.25) is 0 Å². The number of rotatable bonds is 6. The quantitative estimate of drug-likeness (QED) is 0.577. The molecule has 2 aromatic rings. The molecular formula is C18H12O8. The van der Waals surface area contributed by atoms with Crippen LogP contribution >= 0.6 is 0 Å². The second-order valence-electron chi connectivity index (χ2n) is 5.10. The second kappa shape index (κ2) is 7.31. The molecule has 0 aliphatic rings. The number of hydrogen-bond acceptors (Lipinski definition) is 4. The summed E-state index contributed by atoms with van der Waals surface area (Å²) in [6.07, 6.45) is 2.54. The van der Waals surface area contributed by atoms with E-state index in [1.54, 1.807) is 30.3 Å². The lowest BCUT2D eigenvalue weighted by molar-refractivity contribution is 0.0631. The van der Waals surface area contributed by atoms with Gasteiger partial charge in [-0.05, 0) is 11.6 Å². The van der Waals surface area contributed by atoms with Gasteiger partial charge < -0.3 is 20.4 Å². The molecule has 0 amide bonds. The van der Waals surface area contributed by atoms with Gasteiger partial charge in [0, 0.05) is 5.56 Å². The Morgan fingerprint density at radius 1 is 0.654 bits per heavy atom. The first-order chi connectivity index (χ1) is 12.2. The standard InChI is InChI=1S/C18H12O8/c19-15(20)11-8-12(16(21)22)14(18(25)26)13(17(23)24)10(11)7-6-9-4-2-1-3-5-9/h1-8H,(H,19,20)(H,21,22)(H,23,24)(H,25,26)/b7-6+. The van der Waals surface area contributed by atoms with E-state index in [1.807, 2.05) is 0 Å². The van der Waals surface area contributed by atoms with E-state index >= 15 is 0 Å². The Labute approximate surface area is 146 Å². The molecule has 26 heavy (non-hydrogen) atoms. The van der Waals surface area contributed by atoms with Gasteiger partial charge in [0.15, 0.2) is 0 Å². The molecule has 2 aromatic carbocycles. The normalized spacial score (nSPS) is 10.6. The van der Waals surface area contributed by atoms with Crippen molar-refractivity contribution in [3.05, 3.63) is 69.8 Å². The molecule has 0 fully saturated rings. The fraction of sp³-hybridized carbons (Fsp3) is 0. The average molecular weight is 356 g/mol. The molecule has 0 unspecified atom stereocenters. The van der Waals surface area contributed by atoms with E-state index in [9.17, 15) is 34.5 Å². The molecule has 0 aliphatic heterocycles. The van der Waals surface area contributed by atoms with Gasteiger partial charge in [0.05, 0.1) is 22.3 Å². The maximum Gasteiger partial charge on any atom is 0.337 e. The highest BCUT2D eigenvalue weighted by Crippen LogP contribution is 2.27. The number of carbonyl (C=O) groups is 4. The van der Waals surface area contributed by atoms with E-state index < -0.39 is 51.7 Å². The molecule has 4 N–H and O–H groups in total. The van der Waals surface area contributed by atoms with Gasteiger partial charge in [-0.2, -0.15) is 0 Å². The molecule has 0 aliphatic carbocycles. The zero-order valence-corrected chi connectivity index (χ0v) is 13.0. The van der Waals surface area contributed by atoms with Gasteiger partial charge in [-0.1, -0.05) is 42.5 Å². The van der Waals surface area contributed by atoms with Crippen LogP contribution in [0.3, 0.4) is 0 Å². The average Bonchev–Trinajstić information content (AvgIpc) is 2.58. The van der Waals surface area contributed by atoms with Crippen molar-refractivity contribution in [2.45, 2.75) is 0 Å². The number of carboxylic acids is 4. The molecular weight excluding hydrogens is 344 g/mol. The Morgan fingerprint density at radius 2 is 1.19 bits per heavy atom. The highest BCUT2D eigenvalue weighted by atomic mass is 16.4. The van der Waals surface area contributed by atoms with Crippen LogP contribution in [0.25, 0.3) is 12.2 Å². The van der Waals surface area contributed by atoms with Crippen LogP contribution in [0.1, 0.15) is 52.6 Å². The van der Waals surface area contributed by atoms with Gasteiger partial charge in [-0.3, -0.25) is 0 Å². The molecule has 8 heteroatoms. The molecule has 0 radical (unpaired) electrons. The van der Waals surface area contributed by atoms with Crippen LogP contribution in [0.2, 0.25) is 0 Å². The number of hydrogen-bond donors (Lipinski definition) is 4. The summed E-state index contributed by atoms with van der Waals surface area (Å²) in [5.74, 6) is -6.86. The Bertz CT molecular complexity index is 941. The number of carboxylic acid groups (broad SMARTS) is 4. The lowest BCUT2D eigenvalue weighted by Crippen LogP contribution is -2.19. The summed E-state index contributed by atoms with van der Waals surface area (Å²) in [7, 11) is 0. The van der Waals surface area contributed by atoms with Crippen molar-refractivity contribution in [3.8, 4) is 0 Å². The summed E-state index contributed by atoms with van der Waals surface area (Å²) >= 11 is 0. The van der Waals surface area contributed by atoms with Crippen molar-refractivity contribution < 1.29 is 39.6 Å². The summed E-state index contributed by atoms with van der Waals surface area (Å²) in [5, 5.41) is 37.2. The molecule has 0 aromatic heterocycles. The van der Waals surface area contributed by atoms with Crippen LogP contribution in [0, 0.1) is 0 Å². The number of benzene rings is 2. The Kier molecular flexibility index (Phi) is 5.17. The summed E-state index contributed by atoms with van der Waals surface area (Å²) in [6.45, 7) is 0. The van der Waals surface area contributed by atoms with Crippen LogP contribution in [0.4, 0.5) is 0 Å². The smallest absolute Gasteiger partial charge is 0.337 e. The van der Waals surface area contributed by atoms with Crippen LogP contribution in [-0.4, -0.2) is 44.3 Å². The van der Waals surface area contributed by atoms with Crippen LogP contribution in [0.15, 0.2) is 36.4 Å². The molecule has 0 saturated carbocycles. The van der Waals surface area contributed by atoms with E-state index in [0.29, 0.717) is 11.6 Å². The molecule has 0 saturated heterocycles. The minimum absolute atomic E-state index is 0.406. The minimum Gasteiger partial charge on any atom is -0.478 e. The highest BCUT2D eigenvalue weighted by molar-refractivity contribution is 6.14. The fourth-order valence-electron chi connectivity index (χ4n) is 2.40. The summed E-state index contributed by atoms with van der Waals surface area (Å²) in [5.41, 5.74) is -3.22. The van der Waals surface area contributed by atoms with Gasteiger partial charge >= 0.3 is 23.9 Å². The van der Waals surface area contributed by atoms with E-state index in [1.165, 1.54) is 6.08 Å². The van der Waals surface area contributed by atoms with Crippen molar-refractivity contribution >= 4 is 36.0 Å². The second-order valence-corrected chi connectivity index (χ2v) is 5.10. The zero-order valence-electron chi connectivity index (χ0n) is 13.0. The van der Waals surface area contributed by atoms with Crippen LogP contribution < -0.4 is 0 Å². The first-order valence-corrected chi connectivity index (χ1v) is 7.11. The summed E-state index contributed by atoms with van der Waals surface area (Å²) in [6, 6.07) is 9.12. The van der Waals surface area contributed by atoms with Crippen molar-refractivity contribution in [2.24, 2.45) is 0 Å². The van der Waals surface area contributed by atoms with E-state index in [0.717, 1.165) is 6.08 Å². The largest absolute Gasteiger partial charge is 0.478 e. The molecule has 8 nitrogen and oxygen atoms in total. The summed E-state index contributed by atoms with van der Waals surface area (Å²) < 4.78 is 0. The van der Waals surface area contributed by atoms with Crippen molar-refractivity contribution in [2.75, 3.05) is 0 Å². The third-order valence-corrected chi connectivity index (χ3v) is 3.50.